The first-order valence-electron chi connectivity index (χ1n) is 6.03. The molecule has 0 radical (unpaired) electrons. The first kappa shape index (κ1) is 14.8. The highest BCUT2D eigenvalue weighted by atomic mass is 16.6. The molecule has 0 aliphatic carbocycles. The molecule has 19 heavy (non-hydrogen) atoms. The van der Waals surface area contributed by atoms with Crippen LogP contribution in [0, 0.1) is 11.3 Å². The van der Waals surface area contributed by atoms with Gasteiger partial charge in [0.1, 0.15) is 18.9 Å². The van der Waals surface area contributed by atoms with E-state index in [1.165, 1.54) is 11.9 Å². The number of nitriles is 1. The van der Waals surface area contributed by atoms with E-state index >= 15 is 0 Å². The summed E-state index contributed by atoms with van der Waals surface area (Å²) in [6.07, 6.45) is 0.342. The molecule has 0 aliphatic rings. The maximum atomic E-state index is 11.5. The maximum absolute atomic E-state index is 11.5. The largest absolute Gasteiger partial charge is 0.496 e. The molecule has 5 nitrogen and oxygen atoms in total. The zero-order valence-electron chi connectivity index (χ0n) is 11.5. The Labute approximate surface area is 113 Å². The number of methoxy groups -OCH3 is 1. The molecule has 5 heteroatoms. The third kappa shape index (κ3) is 4.18. The summed E-state index contributed by atoms with van der Waals surface area (Å²) in [7, 11) is 3.15. The van der Waals surface area contributed by atoms with Crippen LogP contribution in [0.25, 0.3) is 0 Å². The molecule has 1 aromatic carbocycles. The minimum atomic E-state index is -0.504. The lowest BCUT2D eigenvalue weighted by molar-refractivity contribution is 0.108. The molecule has 1 aromatic rings. The Morgan fingerprint density at radius 2 is 2.21 bits per heavy atom. The molecule has 0 aromatic heterocycles. The minimum Gasteiger partial charge on any atom is -0.496 e. The molecule has 0 spiro atoms. The first-order valence-corrected chi connectivity index (χ1v) is 6.03. The van der Waals surface area contributed by atoms with Gasteiger partial charge < -0.3 is 9.47 Å². The average molecular weight is 262 g/mol. The van der Waals surface area contributed by atoms with E-state index in [0.717, 1.165) is 23.3 Å². The van der Waals surface area contributed by atoms with Gasteiger partial charge in [-0.1, -0.05) is 13.0 Å². The summed E-state index contributed by atoms with van der Waals surface area (Å²) in [6, 6.07) is 7.56. The van der Waals surface area contributed by atoms with Crippen LogP contribution in [0.3, 0.4) is 0 Å². The van der Waals surface area contributed by atoms with E-state index in [4.69, 9.17) is 14.7 Å². The maximum Gasteiger partial charge on any atom is 0.410 e. The zero-order chi connectivity index (χ0) is 14.3. The SMILES string of the molecule is CCc1cc(COC(=O)N(C)CC#N)ccc1OC. The molecule has 0 N–H and O–H groups in total. The Balaban J connectivity index is 2.63. The lowest BCUT2D eigenvalue weighted by Crippen LogP contribution is -2.27. The Bertz CT molecular complexity index is 480. The van der Waals surface area contributed by atoms with Crippen LogP contribution >= 0.6 is 0 Å². The number of carbonyl (C=O) groups excluding carboxylic acids is 1. The van der Waals surface area contributed by atoms with Gasteiger partial charge in [0.2, 0.25) is 0 Å². The van der Waals surface area contributed by atoms with E-state index in [-0.39, 0.29) is 13.2 Å². The van der Waals surface area contributed by atoms with E-state index in [1.807, 2.05) is 31.2 Å². The molecule has 0 heterocycles. The van der Waals surface area contributed by atoms with Gasteiger partial charge in [-0.15, -0.1) is 0 Å². The highest BCUT2D eigenvalue weighted by molar-refractivity contribution is 5.67. The minimum absolute atomic E-state index is 0.0155. The van der Waals surface area contributed by atoms with Crippen molar-refractivity contribution in [2.45, 2.75) is 20.0 Å². The van der Waals surface area contributed by atoms with Gasteiger partial charge in [-0.3, -0.25) is 4.90 Å². The Kier molecular flexibility index (Phi) is 5.68. The van der Waals surface area contributed by atoms with Crippen molar-refractivity contribution in [2.24, 2.45) is 0 Å². The van der Waals surface area contributed by atoms with Crippen LogP contribution < -0.4 is 4.74 Å². The van der Waals surface area contributed by atoms with Gasteiger partial charge >= 0.3 is 6.09 Å². The van der Waals surface area contributed by atoms with E-state index in [1.54, 1.807) is 7.11 Å². The van der Waals surface area contributed by atoms with Crippen molar-refractivity contribution >= 4 is 6.09 Å². The fourth-order valence-electron chi connectivity index (χ4n) is 1.62. The van der Waals surface area contributed by atoms with E-state index in [9.17, 15) is 4.79 Å². The van der Waals surface area contributed by atoms with Gasteiger partial charge in [-0.05, 0) is 29.7 Å². The summed E-state index contributed by atoms with van der Waals surface area (Å²) < 4.78 is 10.3. The Hall–Kier alpha value is -2.22. The fraction of sp³-hybridized carbons (Fsp3) is 0.429. The van der Waals surface area contributed by atoms with Gasteiger partial charge in [0, 0.05) is 7.05 Å². The van der Waals surface area contributed by atoms with Crippen molar-refractivity contribution in [1.29, 1.82) is 5.26 Å². The summed E-state index contributed by atoms with van der Waals surface area (Å²) >= 11 is 0. The fourth-order valence-corrected chi connectivity index (χ4v) is 1.62. The molecule has 0 atom stereocenters. The number of carbonyl (C=O) groups is 1. The van der Waals surface area contributed by atoms with Gasteiger partial charge in [-0.25, -0.2) is 4.79 Å². The second kappa shape index (κ2) is 7.27. The smallest absolute Gasteiger partial charge is 0.410 e. The number of benzene rings is 1. The Morgan fingerprint density at radius 3 is 2.79 bits per heavy atom. The summed E-state index contributed by atoms with van der Waals surface area (Å²) in [5, 5.41) is 8.48. The predicted molar refractivity (Wildman–Crippen MR) is 70.8 cm³/mol. The van der Waals surface area contributed by atoms with Crippen LogP contribution in [-0.4, -0.2) is 31.7 Å². The average Bonchev–Trinajstić information content (AvgIpc) is 2.44. The lowest BCUT2D eigenvalue weighted by Gasteiger charge is -2.14. The summed E-state index contributed by atoms with van der Waals surface area (Å²) in [6.45, 7) is 2.24. The zero-order valence-corrected chi connectivity index (χ0v) is 11.5. The predicted octanol–water partition coefficient (Wildman–Crippen LogP) is 2.35. The van der Waals surface area contributed by atoms with Crippen LogP contribution in [0.1, 0.15) is 18.1 Å². The van der Waals surface area contributed by atoms with Crippen LogP contribution in [-0.2, 0) is 17.8 Å². The Morgan fingerprint density at radius 1 is 1.47 bits per heavy atom. The highest BCUT2D eigenvalue weighted by Crippen LogP contribution is 2.20. The van der Waals surface area contributed by atoms with E-state index < -0.39 is 6.09 Å². The van der Waals surface area contributed by atoms with Crippen molar-refractivity contribution in [1.82, 2.24) is 4.90 Å². The number of hydrogen-bond donors (Lipinski definition) is 0. The normalized spacial score (nSPS) is 9.58. The molecule has 0 saturated carbocycles. The lowest BCUT2D eigenvalue weighted by atomic mass is 10.1. The highest BCUT2D eigenvalue weighted by Gasteiger charge is 2.10. The summed E-state index contributed by atoms with van der Waals surface area (Å²) in [5.41, 5.74) is 1.97. The van der Waals surface area contributed by atoms with Crippen molar-refractivity contribution in [3.05, 3.63) is 29.3 Å². The summed E-state index contributed by atoms with van der Waals surface area (Å²) in [5.74, 6) is 0.833. The number of ether oxygens (including phenoxy) is 2. The van der Waals surface area contributed by atoms with E-state index in [2.05, 4.69) is 0 Å². The molecular weight excluding hydrogens is 244 g/mol. The second-order valence-corrected chi connectivity index (χ2v) is 4.07. The molecule has 0 aliphatic heterocycles. The number of nitrogens with zero attached hydrogens (tertiary/aromatic N) is 2. The second-order valence-electron chi connectivity index (χ2n) is 4.07. The molecule has 1 amide bonds. The molecular formula is C14H18N2O3. The van der Waals surface area contributed by atoms with Gasteiger partial charge in [-0.2, -0.15) is 5.26 Å². The molecule has 0 saturated heterocycles. The van der Waals surface area contributed by atoms with Crippen molar-refractivity contribution in [3.63, 3.8) is 0 Å². The number of hydrogen-bond acceptors (Lipinski definition) is 4. The summed E-state index contributed by atoms with van der Waals surface area (Å²) in [4.78, 5) is 12.7. The monoisotopic (exact) mass is 262 g/mol. The molecule has 0 bridgehead atoms. The number of aryl methyl sites for hydroxylation is 1. The van der Waals surface area contributed by atoms with Crippen molar-refractivity contribution in [3.8, 4) is 11.8 Å². The third-order valence-electron chi connectivity index (χ3n) is 2.71. The third-order valence-corrected chi connectivity index (χ3v) is 2.71. The van der Waals surface area contributed by atoms with Crippen molar-refractivity contribution in [2.75, 3.05) is 20.7 Å². The van der Waals surface area contributed by atoms with Gasteiger partial charge in [0.05, 0.1) is 13.2 Å². The van der Waals surface area contributed by atoms with Crippen molar-refractivity contribution < 1.29 is 14.3 Å². The molecule has 0 unspecified atom stereocenters. The first-order chi connectivity index (χ1) is 9.12. The van der Waals surface area contributed by atoms with Crippen LogP contribution in [0.4, 0.5) is 4.79 Å². The number of amides is 1. The van der Waals surface area contributed by atoms with Crippen LogP contribution in [0.5, 0.6) is 5.75 Å². The van der Waals surface area contributed by atoms with Crippen LogP contribution in [0.15, 0.2) is 18.2 Å². The molecule has 1 rings (SSSR count). The molecule has 102 valence electrons. The topological polar surface area (TPSA) is 62.6 Å². The number of rotatable bonds is 5. The van der Waals surface area contributed by atoms with E-state index in [0.29, 0.717) is 0 Å². The van der Waals surface area contributed by atoms with Crippen LogP contribution in [0.2, 0.25) is 0 Å². The standard InChI is InChI=1S/C14H18N2O3/c1-4-12-9-11(5-6-13(12)18-3)10-19-14(17)16(2)8-7-15/h5-6,9H,4,8,10H2,1-3H3. The van der Waals surface area contributed by atoms with Gasteiger partial charge in [0.15, 0.2) is 0 Å². The van der Waals surface area contributed by atoms with Gasteiger partial charge in [0.25, 0.3) is 0 Å². The quantitative estimate of drug-likeness (QED) is 0.764. The molecule has 0 fully saturated rings.